The molecule has 4 atom stereocenters. The number of ether oxygens (including phenoxy) is 1. The van der Waals surface area contributed by atoms with Crippen LogP contribution in [-0.2, 0) is 20.5 Å². The number of imide groups is 1. The van der Waals surface area contributed by atoms with E-state index < -0.39 is 35.5 Å². The van der Waals surface area contributed by atoms with Gasteiger partial charge in [0.25, 0.3) is 0 Å². The van der Waals surface area contributed by atoms with E-state index in [0.717, 1.165) is 23.8 Å². The topological polar surface area (TPSA) is 88.2 Å². The van der Waals surface area contributed by atoms with Gasteiger partial charge in [-0.2, -0.15) is 18.3 Å². The Morgan fingerprint density at radius 2 is 1.81 bits per heavy atom. The quantitative estimate of drug-likeness (QED) is 0.780. The number of hydrogen-bond donors (Lipinski definition) is 1. The number of hydrogen-bond acceptors (Lipinski definition) is 5. The highest BCUT2D eigenvalue weighted by Crippen LogP contribution is 2.50. The first kappa shape index (κ1) is 15.7. The molecular formula is C16H13F3N4O3. The zero-order chi connectivity index (χ0) is 18.4. The van der Waals surface area contributed by atoms with E-state index in [4.69, 9.17) is 4.74 Å². The van der Waals surface area contributed by atoms with Crippen LogP contribution in [0.4, 0.5) is 19.0 Å². The Labute approximate surface area is 144 Å². The summed E-state index contributed by atoms with van der Waals surface area (Å²) in [5.41, 5.74) is -0.924. The lowest BCUT2D eigenvalue weighted by Crippen LogP contribution is -2.34. The second-order valence-electron chi connectivity index (χ2n) is 6.95. The monoisotopic (exact) mass is 366 g/mol. The van der Waals surface area contributed by atoms with Gasteiger partial charge in [-0.05, 0) is 31.4 Å². The molecule has 1 N–H and O–H groups in total. The number of carbonyl (C=O) groups is 2. The highest BCUT2D eigenvalue weighted by molar-refractivity contribution is 6.24. The van der Waals surface area contributed by atoms with Gasteiger partial charge >= 0.3 is 6.18 Å². The Bertz CT molecular complexity index is 942. The molecular weight excluding hydrogens is 353 g/mol. The van der Waals surface area contributed by atoms with Crippen LogP contribution in [0, 0.1) is 18.8 Å². The lowest BCUT2D eigenvalue weighted by Gasteiger charge is -2.16. The van der Waals surface area contributed by atoms with Crippen molar-refractivity contribution >= 4 is 28.7 Å². The molecule has 0 unspecified atom stereocenters. The molecule has 0 spiro atoms. The van der Waals surface area contributed by atoms with Gasteiger partial charge in [-0.25, -0.2) is 9.88 Å². The van der Waals surface area contributed by atoms with Crippen molar-refractivity contribution in [3.63, 3.8) is 0 Å². The van der Waals surface area contributed by atoms with Crippen LogP contribution in [0.3, 0.4) is 0 Å². The minimum absolute atomic E-state index is 0.0162. The summed E-state index contributed by atoms with van der Waals surface area (Å²) in [6, 6.07) is 0.889. The van der Waals surface area contributed by atoms with Gasteiger partial charge in [-0.3, -0.25) is 14.7 Å². The molecule has 7 nitrogen and oxygen atoms in total. The molecule has 2 bridgehead atoms. The van der Waals surface area contributed by atoms with E-state index in [1.165, 1.54) is 6.92 Å². The summed E-state index contributed by atoms with van der Waals surface area (Å²) in [5, 5.41) is 6.62. The lowest BCUT2D eigenvalue weighted by atomic mass is 9.81. The molecule has 0 saturated carbocycles. The molecule has 2 amide bonds. The average molecular weight is 366 g/mol. The third-order valence-electron chi connectivity index (χ3n) is 5.49. The number of halogens is 3. The second-order valence-corrected chi connectivity index (χ2v) is 6.95. The minimum atomic E-state index is -4.60. The smallest absolute Gasteiger partial charge is 0.373 e. The van der Waals surface area contributed by atoms with Gasteiger partial charge in [0.05, 0.1) is 29.4 Å². The summed E-state index contributed by atoms with van der Waals surface area (Å²) in [4.78, 5) is 30.2. The van der Waals surface area contributed by atoms with Crippen molar-refractivity contribution in [3.8, 4) is 0 Å². The molecule has 0 radical (unpaired) electrons. The third-order valence-corrected chi connectivity index (χ3v) is 5.49. The summed E-state index contributed by atoms with van der Waals surface area (Å²) in [6.45, 7) is 1.47. The number of anilines is 1. The molecule has 3 saturated heterocycles. The van der Waals surface area contributed by atoms with Crippen LogP contribution in [0.2, 0.25) is 0 Å². The van der Waals surface area contributed by atoms with Gasteiger partial charge in [0.1, 0.15) is 5.69 Å². The van der Waals surface area contributed by atoms with Gasteiger partial charge in [0, 0.05) is 0 Å². The van der Waals surface area contributed by atoms with Crippen LogP contribution in [0.25, 0.3) is 11.0 Å². The maximum absolute atomic E-state index is 12.9. The lowest BCUT2D eigenvalue weighted by molar-refractivity contribution is -0.141. The number of nitrogens with zero attached hydrogens (tertiary/aromatic N) is 3. The van der Waals surface area contributed by atoms with Crippen molar-refractivity contribution in [1.29, 1.82) is 0 Å². The summed E-state index contributed by atoms with van der Waals surface area (Å²) < 4.78 is 44.5. The first-order valence-corrected chi connectivity index (χ1v) is 8.23. The number of rotatable bonds is 1. The van der Waals surface area contributed by atoms with E-state index in [2.05, 4.69) is 15.2 Å². The number of carbonyl (C=O) groups excluding carboxylic acids is 2. The molecule has 26 heavy (non-hydrogen) atoms. The Morgan fingerprint density at radius 3 is 2.38 bits per heavy atom. The number of amides is 2. The first-order chi connectivity index (χ1) is 12.3. The summed E-state index contributed by atoms with van der Waals surface area (Å²) in [6.07, 6.45) is -3.68. The van der Waals surface area contributed by atoms with Crippen LogP contribution in [-0.4, -0.2) is 39.2 Å². The minimum Gasteiger partial charge on any atom is -0.373 e. The maximum Gasteiger partial charge on any atom is 0.433 e. The molecule has 2 aromatic rings. The zero-order valence-corrected chi connectivity index (χ0v) is 13.5. The summed E-state index contributed by atoms with van der Waals surface area (Å²) in [7, 11) is 0. The number of fused-ring (bicyclic) bond motifs is 6. The molecule has 3 aliphatic rings. The van der Waals surface area contributed by atoms with E-state index in [1.807, 2.05) is 0 Å². The highest BCUT2D eigenvalue weighted by atomic mass is 19.4. The van der Waals surface area contributed by atoms with E-state index in [-0.39, 0.29) is 34.6 Å². The van der Waals surface area contributed by atoms with Gasteiger partial charge < -0.3 is 4.74 Å². The normalized spacial score (nSPS) is 30.7. The Kier molecular flexibility index (Phi) is 2.91. The molecule has 5 heterocycles. The van der Waals surface area contributed by atoms with Crippen molar-refractivity contribution in [2.45, 2.75) is 38.1 Å². The molecule has 5 rings (SSSR count). The zero-order valence-electron chi connectivity index (χ0n) is 13.5. The molecule has 3 aliphatic heterocycles. The number of aromatic amines is 1. The molecule has 0 aromatic carbocycles. The van der Waals surface area contributed by atoms with Crippen molar-refractivity contribution in [2.75, 3.05) is 4.90 Å². The third kappa shape index (κ3) is 1.87. The first-order valence-electron chi connectivity index (χ1n) is 8.23. The number of nitrogens with one attached hydrogen (secondary N) is 1. The molecule has 0 aliphatic carbocycles. The molecule has 3 fully saturated rings. The molecule has 2 aromatic heterocycles. The standard InChI is InChI=1S/C16H13F3N4O3/c1-5-4-8(16(17,18)19)20-12-9(5)13(22-21-12)23-14(24)10-6-2-3-7(26-6)11(10)15(23)25/h4,6-7,10-11H,2-3H2,1H3,(H,20,21,22)/t6-,7-,10-,11+/m1/s1. The van der Waals surface area contributed by atoms with Crippen LogP contribution >= 0.6 is 0 Å². The highest BCUT2D eigenvalue weighted by Gasteiger charge is 2.63. The van der Waals surface area contributed by atoms with Crippen molar-refractivity contribution < 1.29 is 27.5 Å². The van der Waals surface area contributed by atoms with Gasteiger partial charge in [-0.1, -0.05) is 0 Å². The Hall–Kier alpha value is -2.49. The second kappa shape index (κ2) is 4.81. The Morgan fingerprint density at radius 1 is 1.19 bits per heavy atom. The largest absolute Gasteiger partial charge is 0.433 e. The number of pyridine rings is 1. The van der Waals surface area contributed by atoms with Crippen LogP contribution in [0.5, 0.6) is 0 Å². The van der Waals surface area contributed by atoms with E-state index >= 15 is 0 Å². The predicted molar refractivity (Wildman–Crippen MR) is 81.0 cm³/mol. The van der Waals surface area contributed by atoms with Crippen LogP contribution < -0.4 is 4.90 Å². The van der Waals surface area contributed by atoms with Gasteiger partial charge in [0.2, 0.25) is 11.8 Å². The fourth-order valence-corrected chi connectivity index (χ4v) is 4.43. The summed E-state index contributed by atoms with van der Waals surface area (Å²) in [5.74, 6) is -1.85. The van der Waals surface area contributed by atoms with E-state index in [0.29, 0.717) is 0 Å². The summed E-state index contributed by atoms with van der Waals surface area (Å²) >= 11 is 0. The number of aromatic nitrogens is 3. The predicted octanol–water partition coefficient (Wildman–Crippen LogP) is 1.95. The number of alkyl halides is 3. The number of aryl methyl sites for hydroxylation is 1. The molecule has 136 valence electrons. The van der Waals surface area contributed by atoms with Crippen LogP contribution in [0.1, 0.15) is 24.1 Å². The van der Waals surface area contributed by atoms with Crippen molar-refractivity contribution in [2.24, 2.45) is 11.8 Å². The van der Waals surface area contributed by atoms with Crippen LogP contribution in [0.15, 0.2) is 6.07 Å². The Balaban J connectivity index is 1.62. The SMILES string of the molecule is Cc1cc(C(F)(F)F)nc2[nH]nc(N3C(=O)[C@@H]4[C@H](C3=O)[C@H]3CC[C@H]4O3)c12. The van der Waals surface area contributed by atoms with Gasteiger partial charge in [-0.15, -0.1) is 0 Å². The van der Waals surface area contributed by atoms with E-state index in [9.17, 15) is 22.8 Å². The fraction of sp³-hybridized carbons (Fsp3) is 0.500. The molecule has 10 heteroatoms. The maximum atomic E-state index is 12.9. The average Bonchev–Trinajstić information content (AvgIpc) is 3.30. The fourth-order valence-electron chi connectivity index (χ4n) is 4.43. The number of H-pyrrole nitrogens is 1. The van der Waals surface area contributed by atoms with E-state index in [1.54, 1.807) is 0 Å². The van der Waals surface area contributed by atoms with Crippen molar-refractivity contribution in [3.05, 3.63) is 17.3 Å². The van der Waals surface area contributed by atoms with Crippen molar-refractivity contribution in [1.82, 2.24) is 15.2 Å². The van der Waals surface area contributed by atoms with Gasteiger partial charge in [0.15, 0.2) is 11.5 Å².